The van der Waals surface area contributed by atoms with Gasteiger partial charge >= 0.3 is 21.7 Å². The molecule has 0 fully saturated rings. The topological polar surface area (TPSA) is 0 Å². The quantitative estimate of drug-likeness (QED) is 0.120. The SMILES string of the molecule is Cc1cc([Si](C)(C)C)cc([Si](c2ccccc2C)(c2ccccc2C)[c-]2c(C)c(C)c(C)c2C)c1.[Cl-].[Cl-].[Cl-].[Ti+4]. The van der Waals surface area contributed by atoms with E-state index in [2.05, 4.69) is 135 Å². The number of rotatable bonds is 5. The third kappa shape index (κ3) is 6.59. The molecule has 0 saturated carbocycles. The Labute approximate surface area is 272 Å². The van der Waals surface area contributed by atoms with Crippen molar-refractivity contribution in [3.05, 3.63) is 106 Å². The van der Waals surface area contributed by atoms with E-state index in [1.165, 1.54) is 54.5 Å². The van der Waals surface area contributed by atoms with Crippen LogP contribution in [-0.2, 0) is 21.7 Å². The van der Waals surface area contributed by atoms with E-state index in [4.69, 9.17) is 0 Å². The van der Waals surface area contributed by atoms with Crippen molar-refractivity contribution in [2.45, 2.75) is 68.1 Å². The second-order valence-electron chi connectivity index (χ2n) is 11.6. The van der Waals surface area contributed by atoms with E-state index in [9.17, 15) is 0 Å². The number of aryl methyl sites for hydroxylation is 3. The van der Waals surface area contributed by atoms with Crippen LogP contribution in [0.1, 0.15) is 38.9 Å². The maximum atomic E-state index is 2.61. The van der Waals surface area contributed by atoms with Crippen LogP contribution in [-0.4, -0.2) is 16.1 Å². The van der Waals surface area contributed by atoms with Crippen molar-refractivity contribution in [2.24, 2.45) is 0 Å². The van der Waals surface area contributed by atoms with Gasteiger partial charge in [0.1, 0.15) is 8.07 Å². The second-order valence-corrected chi connectivity index (χ2v) is 20.3. The van der Waals surface area contributed by atoms with Gasteiger partial charge in [0.25, 0.3) is 0 Å². The predicted octanol–water partition coefficient (Wildman–Crippen LogP) is -3.50. The van der Waals surface area contributed by atoms with Gasteiger partial charge in [-0.25, -0.2) is 0 Å². The molecule has 0 N–H and O–H groups in total. The molecule has 0 bridgehead atoms. The number of halogens is 3. The van der Waals surface area contributed by atoms with E-state index in [-0.39, 0.29) is 58.9 Å². The largest absolute Gasteiger partial charge is 4.00 e. The molecule has 0 aliphatic rings. The van der Waals surface area contributed by atoms with E-state index in [1.807, 2.05) is 0 Å². The minimum absolute atomic E-state index is 0. The standard InChI is InChI=1S/C33H41Si2.3ClH.Ti/c1-22-19-29(34(8,9)10)21-30(20-22)35(31-17-13-11-15-23(31)2,32-18-14-12-16-24(32)3)33-27(6)25(4)26(5)28(33)7;;;;/h11-21H,1-10H3;3*1H;/q-1;;;;+4/p-3. The van der Waals surface area contributed by atoms with Gasteiger partial charge in [-0.05, 0) is 20.8 Å². The molecule has 0 amide bonds. The molecular weight excluding hydrogens is 607 g/mol. The van der Waals surface area contributed by atoms with Crippen LogP contribution in [0.5, 0.6) is 0 Å². The summed E-state index contributed by atoms with van der Waals surface area (Å²) in [7, 11) is -4.12. The monoisotopic (exact) mass is 646 g/mol. The van der Waals surface area contributed by atoms with Crippen molar-refractivity contribution in [1.82, 2.24) is 0 Å². The predicted molar refractivity (Wildman–Crippen MR) is 162 cm³/mol. The number of hydrogen-bond donors (Lipinski definition) is 0. The van der Waals surface area contributed by atoms with Gasteiger partial charge in [-0.15, -0.1) is 5.19 Å². The van der Waals surface area contributed by atoms with Gasteiger partial charge in [-0.1, -0.05) is 152 Å². The van der Waals surface area contributed by atoms with Crippen molar-refractivity contribution in [2.75, 3.05) is 0 Å². The van der Waals surface area contributed by atoms with Crippen molar-refractivity contribution in [3.8, 4) is 0 Å². The summed E-state index contributed by atoms with van der Waals surface area (Å²) >= 11 is 0. The molecule has 0 saturated heterocycles. The molecule has 0 atom stereocenters. The van der Waals surface area contributed by atoms with Crippen LogP contribution in [0.15, 0.2) is 66.7 Å². The van der Waals surface area contributed by atoms with Gasteiger partial charge in [-0.2, -0.15) is 22.3 Å². The third-order valence-corrected chi connectivity index (χ3v) is 15.7. The van der Waals surface area contributed by atoms with Gasteiger partial charge in [0, 0.05) is 0 Å². The molecule has 4 aromatic carbocycles. The van der Waals surface area contributed by atoms with Gasteiger partial charge in [-0.3, -0.25) is 0 Å². The minimum Gasteiger partial charge on any atom is -1.00 e. The van der Waals surface area contributed by atoms with E-state index < -0.39 is 16.1 Å². The molecule has 4 aromatic rings. The van der Waals surface area contributed by atoms with Gasteiger partial charge < -0.3 is 37.2 Å². The zero-order valence-corrected chi connectivity index (χ0v) is 30.8. The normalized spacial score (nSPS) is 11.0. The van der Waals surface area contributed by atoms with Crippen molar-refractivity contribution >= 4 is 42.1 Å². The zero-order chi connectivity index (χ0) is 25.7. The van der Waals surface area contributed by atoms with Crippen LogP contribution in [0, 0.1) is 48.5 Å². The van der Waals surface area contributed by atoms with Gasteiger partial charge in [0.05, 0.1) is 8.07 Å². The fourth-order valence-electron chi connectivity index (χ4n) is 6.07. The third-order valence-electron chi connectivity index (χ3n) is 8.29. The molecular formula is C33H41Cl3Si2Ti. The van der Waals surface area contributed by atoms with Crippen molar-refractivity contribution in [1.29, 1.82) is 0 Å². The Morgan fingerprint density at radius 1 is 0.538 bits per heavy atom. The minimum atomic E-state index is -2.61. The molecule has 0 aliphatic heterocycles. The molecule has 0 radical (unpaired) electrons. The van der Waals surface area contributed by atoms with E-state index in [0.29, 0.717) is 0 Å². The molecule has 4 rings (SSSR count). The van der Waals surface area contributed by atoms with Crippen LogP contribution in [0.2, 0.25) is 19.6 Å². The first-order valence-corrected chi connectivity index (χ1v) is 18.4. The van der Waals surface area contributed by atoms with Crippen molar-refractivity contribution < 1.29 is 58.9 Å². The summed E-state index contributed by atoms with van der Waals surface area (Å²) < 4.78 is 0. The molecule has 0 spiro atoms. The van der Waals surface area contributed by atoms with Crippen LogP contribution in [0.3, 0.4) is 0 Å². The fourth-order valence-corrected chi connectivity index (χ4v) is 13.6. The summed E-state index contributed by atoms with van der Waals surface area (Å²) in [6.45, 7) is 23.7. The zero-order valence-electron chi connectivity index (χ0n) is 25.0. The smallest absolute Gasteiger partial charge is 1.00 e. The van der Waals surface area contributed by atoms with Crippen LogP contribution >= 0.6 is 0 Å². The summed E-state index contributed by atoms with van der Waals surface area (Å²) in [5.74, 6) is 0. The first-order chi connectivity index (χ1) is 16.4. The van der Waals surface area contributed by atoms with E-state index >= 15 is 0 Å². The van der Waals surface area contributed by atoms with Crippen LogP contribution in [0.4, 0.5) is 0 Å². The molecule has 0 nitrogen and oxygen atoms in total. The van der Waals surface area contributed by atoms with Gasteiger partial charge in [0.15, 0.2) is 0 Å². The maximum Gasteiger partial charge on any atom is 4.00 e. The molecule has 0 aromatic heterocycles. The summed E-state index contributed by atoms with van der Waals surface area (Å²) in [4.78, 5) is 0. The summed E-state index contributed by atoms with van der Waals surface area (Å²) in [5, 5.41) is 7.75. The summed E-state index contributed by atoms with van der Waals surface area (Å²) in [6.07, 6.45) is 0. The van der Waals surface area contributed by atoms with Crippen molar-refractivity contribution in [3.63, 3.8) is 0 Å². The average molecular weight is 648 g/mol. The Balaban J connectivity index is 0.00000361. The number of hydrogen-bond acceptors (Lipinski definition) is 0. The molecule has 0 aliphatic carbocycles. The Morgan fingerprint density at radius 2 is 0.923 bits per heavy atom. The average Bonchev–Trinajstić information content (AvgIpc) is 2.99. The Bertz CT molecular complexity index is 1350. The number of benzene rings is 3. The molecule has 39 heavy (non-hydrogen) atoms. The molecule has 0 unspecified atom stereocenters. The first kappa shape index (κ1) is 38.0. The van der Waals surface area contributed by atoms with Gasteiger partial charge in [0.2, 0.25) is 0 Å². The van der Waals surface area contributed by atoms with E-state index in [1.54, 1.807) is 10.4 Å². The summed E-state index contributed by atoms with van der Waals surface area (Å²) in [6, 6.07) is 26.0. The Kier molecular flexibility index (Phi) is 13.9. The summed E-state index contributed by atoms with van der Waals surface area (Å²) in [5.41, 5.74) is 10.0. The van der Waals surface area contributed by atoms with E-state index in [0.717, 1.165) is 0 Å². The van der Waals surface area contributed by atoms with Crippen LogP contribution < -0.4 is 63.2 Å². The first-order valence-electron chi connectivity index (χ1n) is 12.9. The molecule has 0 heterocycles. The second kappa shape index (κ2) is 14.3. The Morgan fingerprint density at radius 3 is 1.31 bits per heavy atom. The molecule has 6 heteroatoms. The Hall–Kier alpha value is -0.972. The van der Waals surface area contributed by atoms with Crippen LogP contribution in [0.25, 0.3) is 0 Å². The molecule has 206 valence electrons. The fraction of sp³-hybridized carbons (Fsp3) is 0.303. The maximum absolute atomic E-state index is 2.61.